The standard InChI is InChI=1S/C18H20BrF2N3O2.C2H7N/c1-11(2)24-17(25)15(19)16(22-18(24)23-7-3-4-8-23)26-10-12-5-6-13(20)9-14(12)21;1-2-3/h5-6,9,11H,3-4,7-8,10H2,1-2H3;2-3H2,1H3. The van der Waals surface area contributed by atoms with E-state index >= 15 is 0 Å². The highest BCUT2D eigenvalue weighted by Gasteiger charge is 2.24. The SMILES string of the molecule is CC(C)n1c(N2CCCC2)nc(OCc2ccc(F)cc2F)c(Br)c1=O.CCN. The smallest absolute Gasteiger partial charge is 0.273 e. The van der Waals surface area contributed by atoms with E-state index in [-0.39, 0.29) is 34.1 Å². The van der Waals surface area contributed by atoms with Crippen LogP contribution in [-0.2, 0) is 6.61 Å². The lowest BCUT2D eigenvalue weighted by Gasteiger charge is -2.24. The molecule has 0 unspecified atom stereocenters. The Labute approximate surface area is 177 Å². The number of aromatic nitrogens is 2. The zero-order chi connectivity index (χ0) is 21.6. The zero-order valence-corrected chi connectivity index (χ0v) is 18.5. The fourth-order valence-electron chi connectivity index (χ4n) is 2.97. The Balaban J connectivity index is 0.000000941. The highest BCUT2D eigenvalue weighted by molar-refractivity contribution is 9.10. The molecule has 1 fully saturated rings. The van der Waals surface area contributed by atoms with Gasteiger partial charge in [0.25, 0.3) is 5.56 Å². The first-order valence-electron chi connectivity index (χ1n) is 9.63. The van der Waals surface area contributed by atoms with Crippen molar-refractivity contribution in [1.82, 2.24) is 9.55 Å². The minimum absolute atomic E-state index is 0.0644. The van der Waals surface area contributed by atoms with E-state index in [0.717, 1.165) is 44.6 Å². The van der Waals surface area contributed by atoms with E-state index in [0.29, 0.717) is 5.95 Å². The van der Waals surface area contributed by atoms with Gasteiger partial charge in [0, 0.05) is 30.8 Å². The molecule has 2 aromatic rings. The van der Waals surface area contributed by atoms with Gasteiger partial charge in [-0.1, -0.05) is 6.92 Å². The summed E-state index contributed by atoms with van der Waals surface area (Å²) in [4.78, 5) is 19.4. The molecular weight excluding hydrogens is 446 g/mol. The van der Waals surface area contributed by atoms with Crippen LogP contribution in [0.2, 0.25) is 0 Å². The molecule has 3 rings (SSSR count). The normalized spacial score (nSPS) is 13.4. The van der Waals surface area contributed by atoms with Crippen LogP contribution in [0.5, 0.6) is 5.88 Å². The molecule has 0 amide bonds. The molecule has 0 bridgehead atoms. The number of anilines is 1. The van der Waals surface area contributed by atoms with Crippen molar-refractivity contribution in [3.8, 4) is 5.88 Å². The number of rotatable bonds is 5. The van der Waals surface area contributed by atoms with Gasteiger partial charge in [0.1, 0.15) is 22.7 Å². The van der Waals surface area contributed by atoms with Crippen molar-refractivity contribution in [1.29, 1.82) is 0 Å². The van der Waals surface area contributed by atoms with Crippen LogP contribution >= 0.6 is 15.9 Å². The fraction of sp³-hybridized carbons (Fsp3) is 0.500. The van der Waals surface area contributed by atoms with Gasteiger partial charge in [-0.15, -0.1) is 0 Å². The van der Waals surface area contributed by atoms with E-state index in [1.54, 1.807) is 4.57 Å². The van der Waals surface area contributed by atoms with Gasteiger partial charge >= 0.3 is 0 Å². The van der Waals surface area contributed by atoms with Gasteiger partial charge < -0.3 is 15.4 Å². The summed E-state index contributed by atoms with van der Waals surface area (Å²) in [6.45, 7) is 7.99. The second kappa shape index (κ2) is 10.7. The highest BCUT2D eigenvalue weighted by Crippen LogP contribution is 2.27. The summed E-state index contributed by atoms with van der Waals surface area (Å²) in [5.74, 6) is -0.685. The van der Waals surface area contributed by atoms with Crippen LogP contribution in [0.4, 0.5) is 14.7 Å². The molecule has 9 heteroatoms. The van der Waals surface area contributed by atoms with Crippen molar-refractivity contribution in [2.75, 3.05) is 24.5 Å². The molecule has 0 radical (unpaired) electrons. The third-order valence-electron chi connectivity index (χ3n) is 4.30. The lowest BCUT2D eigenvalue weighted by molar-refractivity contribution is 0.283. The summed E-state index contributed by atoms with van der Waals surface area (Å²) in [6, 6.07) is 3.21. The Morgan fingerprint density at radius 2 is 1.90 bits per heavy atom. The maximum absolute atomic E-state index is 13.8. The van der Waals surface area contributed by atoms with Gasteiger partial charge in [-0.05, 0) is 61.3 Å². The molecule has 1 aliphatic heterocycles. The molecule has 0 atom stereocenters. The number of hydrogen-bond donors (Lipinski definition) is 1. The second-order valence-electron chi connectivity index (χ2n) is 6.93. The lowest BCUT2D eigenvalue weighted by Crippen LogP contribution is -2.33. The molecule has 0 aliphatic carbocycles. The predicted molar refractivity (Wildman–Crippen MR) is 113 cm³/mol. The molecule has 1 aromatic carbocycles. The van der Waals surface area contributed by atoms with E-state index in [9.17, 15) is 13.6 Å². The summed E-state index contributed by atoms with van der Waals surface area (Å²) in [5.41, 5.74) is 4.79. The van der Waals surface area contributed by atoms with Crippen LogP contribution in [0.15, 0.2) is 27.5 Å². The summed E-state index contributed by atoms with van der Waals surface area (Å²) >= 11 is 3.25. The van der Waals surface area contributed by atoms with E-state index in [1.165, 1.54) is 6.07 Å². The van der Waals surface area contributed by atoms with Gasteiger partial charge in [0.2, 0.25) is 11.8 Å². The minimum atomic E-state index is -0.698. The van der Waals surface area contributed by atoms with Crippen LogP contribution in [0, 0.1) is 11.6 Å². The number of nitrogens with zero attached hydrogens (tertiary/aromatic N) is 3. The molecule has 2 heterocycles. The Kier molecular flexibility index (Phi) is 8.58. The molecule has 1 aliphatic rings. The third kappa shape index (κ3) is 5.76. The molecule has 160 valence electrons. The van der Waals surface area contributed by atoms with Crippen LogP contribution in [0.1, 0.15) is 45.2 Å². The molecule has 1 saturated heterocycles. The molecule has 2 N–H and O–H groups in total. The van der Waals surface area contributed by atoms with Crippen molar-refractivity contribution < 1.29 is 13.5 Å². The fourth-order valence-corrected chi connectivity index (χ4v) is 3.36. The summed E-state index contributed by atoms with van der Waals surface area (Å²) in [5, 5.41) is 0. The average Bonchev–Trinajstić information content (AvgIpc) is 3.19. The van der Waals surface area contributed by atoms with Crippen molar-refractivity contribution >= 4 is 21.9 Å². The maximum atomic E-state index is 13.8. The molecular formula is C20H27BrF2N4O2. The predicted octanol–water partition coefficient (Wildman–Crippen LogP) is 4.01. The molecule has 0 spiro atoms. The number of benzene rings is 1. The first-order chi connectivity index (χ1) is 13.8. The van der Waals surface area contributed by atoms with Crippen molar-refractivity contribution in [2.24, 2.45) is 5.73 Å². The molecule has 1 aromatic heterocycles. The second-order valence-corrected chi connectivity index (χ2v) is 7.72. The van der Waals surface area contributed by atoms with E-state index in [2.05, 4.69) is 25.8 Å². The van der Waals surface area contributed by atoms with Gasteiger partial charge in [0.05, 0.1) is 0 Å². The van der Waals surface area contributed by atoms with E-state index in [4.69, 9.17) is 10.5 Å². The van der Waals surface area contributed by atoms with Crippen molar-refractivity contribution in [3.05, 3.63) is 50.2 Å². The van der Waals surface area contributed by atoms with E-state index < -0.39 is 11.6 Å². The first-order valence-corrected chi connectivity index (χ1v) is 10.4. The maximum Gasteiger partial charge on any atom is 0.273 e. The molecule has 6 nitrogen and oxygen atoms in total. The summed E-state index contributed by atoms with van der Waals surface area (Å²) in [7, 11) is 0. The van der Waals surface area contributed by atoms with Crippen LogP contribution in [0.25, 0.3) is 0 Å². The van der Waals surface area contributed by atoms with Crippen LogP contribution in [0.3, 0.4) is 0 Å². The minimum Gasteiger partial charge on any atom is -0.472 e. The summed E-state index contributed by atoms with van der Waals surface area (Å²) < 4.78 is 34.2. The highest BCUT2D eigenvalue weighted by atomic mass is 79.9. The third-order valence-corrected chi connectivity index (χ3v) is 4.97. The zero-order valence-electron chi connectivity index (χ0n) is 16.9. The monoisotopic (exact) mass is 472 g/mol. The molecule has 0 saturated carbocycles. The van der Waals surface area contributed by atoms with E-state index in [1.807, 2.05) is 20.8 Å². The first kappa shape index (κ1) is 23.3. The largest absolute Gasteiger partial charge is 0.472 e. The van der Waals surface area contributed by atoms with Crippen LogP contribution in [-0.4, -0.2) is 29.2 Å². The number of halogens is 3. The number of hydrogen-bond acceptors (Lipinski definition) is 5. The van der Waals surface area contributed by atoms with Gasteiger partial charge in [-0.3, -0.25) is 9.36 Å². The average molecular weight is 473 g/mol. The molecule has 29 heavy (non-hydrogen) atoms. The van der Waals surface area contributed by atoms with Gasteiger partial charge in [0.15, 0.2) is 0 Å². The quantitative estimate of drug-likeness (QED) is 0.711. The van der Waals surface area contributed by atoms with Crippen LogP contribution < -0.4 is 20.9 Å². The van der Waals surface area contributed by atoms with Gasteiger partial charge in [-0.2, -0.15) is 4.98 Å². The lowest BCUT2D eigenvalue weighted by atomic mass is 10.2. The number of nitrogens with two attached hydrogens (primary N) is 1. The Bertz CT molecular complexity index is 884. The van der Waals surface area contributed by atoms with Crippen molar-refractivity contribution in [2.45, 2.75) is 46.3 Å². The Morgan fingerprint density at radius 3 is 2.45 bits per heavy atom. The summed E-state index contributed by atoms with van der Waals surface area (Å²) in [6.07, 6.45) is 2.09. The Hall–Kier alpha value is -2.00. The Morgan fingerprint density at radius 1 is 1.28 bits per heavy atom. The van der Waals surface area contributed by atoms with Crippen molar-refractivity contribution in [3.63, 3.8) is 0 Å². The van der Waals surface area contributed by atoms with Gasteiger partial charge in [-0.25, -0.2) is 8.78 Å². The topological polar surface area (TPSA) is 73.4 Å². The number of ether oxygens (including phenoxy) is 1.